The van der Waals surface area contributed by atoms with Crippen molar-refractivity contribution >= 4 is 15.9 Å². The molecule has 1 unspecified atom stereocenters. The van der Waals surface area contributed by atoms with Crippen molar-refractivity contribution in [3.8, 4) is 0 Å². The molecular formula is C14H12BrFO. The second-order valence-electron chi connectivity index (χ2n) is 3.88. The predicted octanol–water partition coefficient (Wildman–Crippen LogP) is 3.86. The summed E-state index contributed by atoms with van der Waals surface area (Å²) in [4.78, 5) is 0. The quantitative estimate of drug-likeness (QED) is 0.911. The molecule has 2 aromatic carbocycles. The van der Waals surface area contributed by atoms with Crippen LogP contribution in [0.2, 0.25) is 0 Å². The summed E-state index contributed by atoms with van der Waals surface area (Å²) in [6, 6.07) is 14.2. The fourth-order valence-electron chi connectivity index (χ4n) is 1.68. The Labute approximate surface area is 108 Å². The van der Waals surface area contributed by atoms with Gasteiger partial charge in [0, 0.05) is 6.42 Å². The van der Waals surface area contributed by atoms with Crippen molar-refractivity contribution in [3.05, 3.63) is 69.9 Å². The lowest BCUT2D eigenvalue weighted by Crippen LogP contribution is -2.01. The number of aliphatic hydroxyl groups is 1. The zero-order chi connectivity index (χ0) is 12.3. The van der Waals surface area contributed by atoms with Gasteiger partial charge in [-0.1, -0.05) is 36.4 Å². The van der Waals surface area contributed by atoms with E-state index in [1.807, 2.05) is 30.3 Å². The Morgan fingerprint density at radius 1 is 1.12 bits per heavy atom. The van der Waals surface area contributed by atoms with Crippen LogP contribution in [0, 0.1) is 5.82 Å². The Hall–Kier alpha value is -1.19. The van der Waals surface area contributed by atoms with E-state index in [-0.39, 0.29) is 5.82 Å². The van der Waals surface area contributed by atoms with Gasteiger partial charge in [0.1, 0.15) is 5.82 Å². The van der Waals surface area contributed by atoms with Gasteiger partial charge in [0.2, 0.25) is 0 Å². The van der Waals surface area contributed by atoms with Gasteiger partial charge in [0.25, 0.3) is 0 Å². The molecule has 0 saturated carbocycles. The SMILES string of the molecule is OC(Cc1ccc(F)c(Br)c1)c1ccccc1. The molecule has 2 aromatic rings. The lowest BCUT2D eigenvalue weighted by molar-refractivity contribution is 0.178. The topological polar surface area (TPSA) is 20.2 Å². The molecule has 0 amide bonds. The maximum absolute atomic E-state index is 13.0. The first-order valence-corrected chi connectivity index (χ1v) is 6.13. The number of aliphatic hydroxyl groups excluding tert-OH is 1. The largest absolute Gasteiger partial charge is 0.388 e. The Bertz CT molecular complexity index is 499. The lowest BCUT2D eigenvalue weighted by Gasteiger charge is -2.11. The van der Waals surface area contributed by atoms with Crippen molar-refractivity contribution in [1.82, 2.24) is 0 Å². The molecule has 0 spiro atoms. The van der Waals surface area contributed by atoms with Gasteiger partial charge in [0.05, 0.1) is 10.6 Å². The Morgan fingerprint density at radius 2 is 1.82 bits per heavy atom. The maximum Gasteiger partial charge on any atom is 0.137 e. The van der Waals surface area contributed by atoms with Crippen LogP contribution in [0.15, 0.2) is 53.0 Å². The van der Waals surface area contributed by atoms with Crippen LogP contribution >= 0.6 is 15.9 Å². The molecule has 0 fully saturated rings. The van der Waals surface area contributed by atoms with Gasteiger partial charge in [-0.25, -0.2) is 4.39 Å². The lowest BCUT2D eigenvalue weighted by atomic mass is 10.0. The molecule has 17 heavy (non-hydrogen) atoms. The number of hydrogen-bond donors (Lipinski definition) is 1. The van der Waals surface area contributed by atoms with E-state index in [4.69, 9.17) is 0 Å². The summed E-state index contributed by atoms with van der Waals surface area (Å²) in [5, 5.41) is 10.0. The number of halogens is 2. The summed E-state index contributed by atoms with van der Waals surface area (Å²) in [5.74, 6) is -0.289. The molecule has 1 atom stereocenters. The molecule has 0 heterocycles. The van der Waals surface area contributed by atoms with Crippen molar-refractivity contribution in [2.24, 2.45) is 0 Å². The smallest absolute Gasteiger partial charge is 0.137 e. The number of benzene rings is 2. The standard InChI is InChI=1S/C14H12BrFO/c15-12-8-10(6-7-13(12)16)9-14(17)11-4-2-1-3-5-11/h1-8,14,17H,9H2. The van der Waals surface area contributed by atoms with Crippen molar-refractivity contribution in [2.75, 3.05) is 0 Å². The van der Waals surface area contributed by atoms with Gasteiger partial charge in [-0.2, -0.15) is 0 Å². The Morgan fingerprint density at radius 3 is 2.47 bits per heavy atom. The second-order valence-corrected chi connectivity index (χ2v) is 4.73. The van der Waals surface area contributed by atoms with Crippen LogP contribution in [-0.4, -0.2) is 5.11 Å². The first-order chi connectivity index (χ1) is 8.16. The molecule has 1 N–H and O–H groups in total. The fourth-order valence-corrected chi connectivity index (χ4v) is 2.11. The van der Waals surface area contributed by atoms with Gasteiger partial charge in [-0.05, 0) is 39.2 Å². The number of rotatable bonds is 3. The van der Waals surface area contributed by atoms with E-state index in [0.717, 1.165) is 11.1 Å². The monoisotopic (exact) mass is 294 g/mol. The maximum atomic E-state index is 13.0. The Balaban J connectivity index is 2.13. The third-order valence-corrected chi connectivity index (χ3v) is 3.21. The molecule has 0 aliphatic heterocycles. The molecular weight excluding hydrogens is 283 g/mol. The highest BCUT2D eigenvalue weighted by molar-refractivity contribution is 9.10. The summed E-state index contributed by atoms with van der Waals surface area (Å²) >= 11 is 3.14. The van der Waals surface area contributed by atoms with E-state index in [0.29, 0.717) is 10.9 Å². The highest BCUT2D eigenvalue weighted by Crippen LogP contribution is 2.22. The molecule has 0 aliphatic rings. The number of hydrogen-bond acceptors (Lipinski definition) is 1. The minimum Gasteiger partial charge on any atom is -0.388 e. The zero-order valence-corrected chi connectivity index (χ0v) is 10.7. The average Bonchev–Trinajstić information content (AvgIpc) is 2.35. The van der Waals surface area contributed by atoms with Crippen molar-refractivity contribution in [3.63, 3.8) is 0 Å². The van der Waals surface area contributed by atoms with Gasteiger partial charge in [-0.3, -0.25) is 0 Å². The second kappa shape index (κ2) is 5.43. The first kappa shape index (κ1) is 12.3. The molecule has 0 saturated heterocycles. The molecule has 88 valence electrons. The van der Waals surface area contributed by atoms with Crippen LogP contribution < -0.4 is 0 Å². The summed E-state index contributed by atoms with van der Waals surface area (Å²) in [6.07, 6.45) is -0.0864. The minimum absolute atomic E-state index is 0.289. The molecule has 0 radical (unpaired) electrons. The molecule has 0 bridgehead atoms. The third kappa shape index (κ3) is 3.14. The molecule has 2 rings (SSSR count). The van der Waals surface area contributed by atoms with Crippen LogP contribution in [0.5, 0.6) is 0 Å². The highest BCUT2D eigenvalue weighted by atomic mass is 79.9. The van der Waals surface area contributed by atoms with E-state index >= 15 is 0 Å². The van der Waals surface area contributed by atoms with E-state index in [9.17, 15) is 9.50 Å². The van der Waals surface area contributed by atoms with E-state index in [1.54, 1.807) is 12.1 Å². The molecule has 0 aliphatic carbocycles. The van der Waals surface area contributed by atoms with E-state index in [2.05, 4.69) is 15.9 Å². The van der Waals surface area contributed by atoms with Gasteiger partial charge >= 0.3 is 0 Å². The van der Waals surface area contributed by atoms with Crippen LogP contribution in [-0.2, 0) is 6.42 Å². The normalized spacial score (nSPS) is 12.4. The van der Waals surface area contributed by atoms with Crippen molar-refractivity contribution < 1.29 is 9.50 Å². The minimum atomic E-state index is -0.562. The van der Waals surface area contributed by atoms with Crippen LogP contribution in [0.1, 0.15) is 17.2 Å². The van der Waals surface area contributed by atoms with E-state index in [1.165, 1.54) is 6.07 Å². The zero-order valence-electron chi connectivity index (χ0n) is 9.11. The Kier molecular flexibility index (Phi) is 3.92. The summed E-state index contributed by atoms with van der Waals surface area (Å²) in [7, 11) is 0. The predicted molar refractivity (Wildman–Crippen MR) is 69.2 cm³/mol. The summed E-state index contributed by atoms with van der Waals surface area (Å²) in [6.45, 7) is 0. The van der Waals surface area contributed by atoms with Gasteiger partial charge in [0.15, 0.2) is 0 Å². The van der Waals surface area contributed by atoms with Crippen molar-refractivity contribution in [1.29, 1.82) is 0 Å². The van der Waals surface area contributed by atoms with Crippen LogP contribution in [0.4, 0.5) is 4.39 Å². The van der Waals surface area contributed by atoms with Crippen molar-refractivity contribution in [2.45, 2.75) is 12.5 Å². The summed E-state index contributed by atoms with van der Waals surface area (Å²) in [5.41, 5.74) is 1.77. The highest BCUT2D eigenvalue weighted by Gasteiger charge is 2.09. The van der Waals surface area contributed by atoms with Gasteiger partial charge in [-0.15, -0.1) is 0 Å². The van der Waals surface area contributed by atoms with Crippen LogP contribution in [0.25, 0.3) is 0 Å². The third-order valence-electron chi connectivity index (χ3n) is 2.60. The fraction of sp³-hybridized carbons (Fsp3) is 0.143. The first-order valence-electron chi connectivity index (χ1n) is 5.34. The molecule has 1 nitrogen and oxygen atoms in total. The molecule has 3 heteroatoms. The van der Waals surface area contributed by atoms with Crippen LogP contribution in [0.3, 0.4) is 0 Å². The van der Waals surface area contributed by atoms with Gasteiger partial charge < -0.3 is 5.11 Å². The summed E-state index contributed by atoms with van der Waals surface area (Å²) < 4.78 is 13.5. The average molecular weight is 295 g/mol. The van der Waals surface area contributed by atoms with E-state index < -0.39 is 6.10 Å². The molecule has 0 aromatic heterocycles.